The van der Waals surface area contributed by atoms with Gasteiger partial charge in [-0.15, -0.1) is 0 Å². The minimum atomic E-state index is -0.415. The van der Waals surface area contributed by atoms with Gasteiger partial charge < -0.3 is 10.2 Å². The summed E-state index contributed by atoms with van der Waals surface area (Å²) < 4.78 is 0. The average Bonchev–Trinajstić information content (AvgIpc) is 3.07. The number of hydrogen-bond donors (Lipinski definition) is 1. The van der Waals surface area contributed by atoms with Gasteiger partial charge in [-0.25, -0.2) is 4.79 Å². The van der Waals surface area contributed by atoms with Crippen molar-refractivity contribution in [2.24, 2.45) is 0 Å². The normalized spacial score (nSPS) is 19.1. The summed E-state index contributed by atoms with van der Waals surface area (Å²) in [5.41, 5.74) is 4.58. The molecule has 0 saturated carbocycles. The van der Waals surface area contributed by atoms with E-state index in [0.29, 0.717) is 31.0 Å². The van der Waals surface area contributed by atoms with Crippen LogP contribution in [0.1, 0.15) is 42.6 Å². The first kappa shape index (κ1) is 19.2. The number of amides is 3. The number of pyridine rings is 1. The first-order valence-corrected chi connectivity index (χ1v) is 10.0. The van der Waals surface area contributed by atoms with E-state index >= 15 is 0 Å². The lowest BCUT2D eigenvalue weighted by molar-refractivity contribution is -0.125. The van der Waals surface area contributed by atoms with Crippen LogP contribution in [0.4, 0.5) is 4.79 Å². The van der Waals surface area contributed by atoms with Crippen LogP contribution in [0.3, 0.4) is 0 Å². The topological polar surface area (TPSA) is 65.5 Å². The molecule has 6 nitrogen and oxygen atoms in total. The second-order valence-corrected chi connectivity index (χ2v) is 7.92. The Morgan fingerprint density at radius 3 is 2.55 bits per heavy atom. The number of rotatable bonds is 5. The third-order valence-corrected chi connectivity index (χ3v) is 5.74. The molecule has 150 valence electrons. The van der Waals surface area contributed by atoms with Crippen molar-refractivity contribution in [3.05, 3.63) is 76.8 Å². The molecule has 4 rings (SSSR count). The lowest BCUT2D eigenvalue weighted by Crippen LogP contribution is -2.45. The number of aromatic nitrogens is 1. The van der Waals surface area contributed by atoms with Gasteiger partial charge in [0.2, 0.25) is 0 Å². The predicted molar refractivity (Wildman–Crippen MR) is 111 cm³/mol. The van der Waals surface area contributed by atoms with Crippen LogP contribution in [0.2, 0.25) is 0 Å². The summed E-state index contributed by atoms with van der Waals surface area (Å²) in [6.45, 7) is 5.31. The number of likely N-dealkylation sites (N-methyl/N-ethyl adjacent to an activating group) is 1. The van der Waals surface area contributed by atoms with Crippen molar-refractivity contribution in [3.8, 4) is 0 Å². The van der Waals surface area contributed by atoms with Gasteiger partial charge in [-0.2, -0.15) is 0 Å². The maximum Gasteiger partial charge on any atom is 0.322 e. The van der Waals surface area contributed by atoms with Crippen LogP contribution in [-0.2, 0) is 11.2 Å². The van der Waals surface area contributed by atoms with Gasteiger partial charge in [-0.05, 0) is 29.2 Å². The van der Waals surface area contributed by atoms with E-state index in [1.54, 1.807) is 18.1 Å². The number of carbonyl (C=O) groups excluding carboxylic acids is 2. The maximum absolute atomic E-state index is 13.2. The molecule has 0 spiro atoms. The summed E-state index contributed by atoms with van der Waals surface area (Å²) in [5.74, 6) is 0.418. The van der Waals surface area contributed by atoms with Gasteiger partial charge in [0, 0.05) is 31.9 Å². The molecule has 1 N–H and O–H groups in total. The maximum atomic E-state index is 13.2. The van der Waals surface area contributed by atoms with Crippen molar-refractivity contribution in [2.45, 2.75) is 32.2 Å². The molecule has 1 aromatic carbocycles. The molecule has 3 amide bonds. The summed E-state index contributed by atoms with van der Waals surface area (Å²) in [4.78, 5) is 33.5. The molecule has 3 heterocycles. The molecule has 2 aliphatic heterocycles. The Morgan fingerprint density at radius 2 is 1.90 bits per heavy atom. The van der Waals surface area contributed by atoms with E-state index in [-0.39, 0.29) is 11.9 Å². The van der Waals surface area contributed by atoms with E-state index in [1.807, 2.05) is 35.2 Å². The molecule has 0 radical (unpaired) electrons. The summed E-state index contributed by atoms with van der Waals surface area (Å²) >= 11 is 0. The fourth-order valence-corrected chi connectivity index (χ4v) is 3.92. The molecule has 0 saturated heterocycles. The SMILES string of the molecule is CC(C)c1ccc(C2NC(=O)N(C)C3=C2C(=O)N(CCc2ccccn2)C3)cc1. The lowest BCUT2D eigenvalue weighted by atomic mass is 9.93. The predicted octanol–water partition coefficient (Wildman–Crippen LogP) is 3.24. The van der Waals surface area contributed by atoms with Crippen molar-refractivity contribution in [3.63, 3.8) is 0 Å². The minimum absolute atomic E-state index is 0.0132. The first-order valence-electron chi connectivity index (χ1n) is 10.0. The van der Waals surface area contributed by atoms with E-state index in [4.69, 9.17) is 0 Å². The largest absolute Gasteiger partial charge is 0.333 e. The zero-order valence-electron chi connectivity index (χ0n) is 17.1. The number of nitrogens with zero attached hydrogens (tertiary/aromatic N) is 3. The van der Waals surface area contributed by atoms with Gasteiger partial charge in [0.1, 0.15) is 0 Å². The summed E-state index contributed by atoms with van der Waals surface area (Å²) in [6, 6.07) is 13.4. The van der Waals surface area contributed by atoms with Crippen molar-refractivity contribution in [2.75, 3.05) is 20.1 Å². The molecular weight excluding hydrogens is 364 g/mol. The van der Waals surface area contributed by atoms with Crippen LogP contribution in [0, 0.1) is 0 Å². The molecule has 0 fully saturated rings. The Kier molecular flexibility index (Phi) is 5.09. The molecular formula is C23H26N4O2. The van der Waals surface area contributed by atoms with Gasteiger partial charge in [0.25, 0.3) is 5.91 Å². The van der Waals surface area contributed by atoms with Crippen LogP contribution in [0.5, 0.6) is 0 Å². The molecule has 2 aromatic rings. The molecule has 0 aliphatic carbocycles. The van der Waals surface area contributed by atoms with Gasteiger partial charge in [0.15, 0.2) is 0 Å². The van der Waals surface area contributed by atoms with Crippen LogP contribution in [0.15, 0.2) is 59.9 Å². The number of benzene rings is 1. The fraction of sp³-hybridized carbons (Fsp3) is 0.348. The Bertz CT molecular complexity index is 951. The van der Waals surface area contributed by atoms with Crippen molar-refractivity contribution in [1.29, 1.82) is 0 Å². The third-order valence-electron chi connectivity index (χ3n) is 5.74. The van der Waals surface area contributed by atoms with Crippen LogP contribution in [-0.4, -0.2) is 46.9 Å². The molecule has 1 unspecified atom stereocenters. The van der Waals surface area contributed by atoms with Crippen molar-refractivity contribution >= 4 is 11.9 Å². The van der Waals surface area contributed by atoms with Gasteiger partial charge >= 0.3 is 6.03 Å². The van der Waals surface area contributed by atoms with E-state index in [9.17, 15) is 9.59 Å². The molecule has 1 aromatic heterocycles. The minimum Gasteiger partial charge on any atom is -0.333 e. The number of carbonyl (C=O) groups is 2. The van der Waals surface area contributed by atoms with E-state index in [0.717, 1.165) is 17.0 Å². The highest BCUT2D eigenvalue weighted by atomic mass is 16.2. The fourth-order valence-electron chi connectivity index (χ4n) is 3.92. The van der Waals surface area contributed by atoms with Gasteiger partial charge in [0.05, 0.1) is 23.9 Å². The Balaban J connectivity index is 1.58. The Hall–Kier alpha value is -3.15. The zero-order chi connectivity index (χ0) is 20.5. The molecule has 0 bridgehead atoms. The second-order valence-electron chi connectivity index (χ2n) is 7.92. The summed E-state index contributed by atoms with van der Waals surface area (Å²) in [6.07, 6.45) is 2.45. The molecule has 1 atom stereocenters. The zero-order valence-corrected chi connectivity index (χ0v) is 17.1. The van der Waals surface area contributed by atoms with E-state index < -0.39 is 6.04 Å². The molecule has 6 heteroatoms. The molecule has 29 heavy (non-hydrogen) atoms. The van der Waals surface area contributed by atoms with Gasteiger partial charge in [-0.1, -0.05) is 44.2 Å². The highest BCUT2D eigenvalue weighted by molar-refractivity contribution is 6.01. The quantitative estimate of drug-likeness (QED) is 0.852. The molecule has 2 aliphatic rings. The highest BCUT2D eigenvalue weighted by Crippen LogP contribution is 2.36. The third kappa shape index (κ3) is 3.62. The van der Waals surface area contributed by atoms with E-state index in [1.165, 1.54) is 5.56 Å². The van der Waals surface area contributed by atoms with Crippen LogP contribution in [0.25, 0.3) is 0 Å². The smallest absolute Gasteiger partial charge is 0.322 e. The first-order chi connectivity index (χ1) is 14.0. The monoisotopic (exact) mass is 390 g/mol. The van der Waals surface area contributed by atoms with E-state index in [2.05, 4.69) is 36.3 Å². The number of nitrogens with one attached hydrogen (secondary N) is 1. The summed E-state index contributed by atoms with van der Waals surface area (Å²) in [7, 11) is 1.72. The average molecular weight is 390 g/mol. The van der Waals surface area contributed by atoms with Crippen LogP contribution < -0.4 is 5.32 Å². The number of urea groups is 1. The Morgan fingerprint density at radius 1 is 1.14 bits per heavy atom. The summed E-state index contributed by atoms with van der Waals surface area (Å²) in [5, 5.41) is 3.00. The number of hydrogen-bond acceptors (Lipinski definition) is 3. The second kappa shape index (κ2) is 7.70. The van der Waals surface area contributed by atoms with Crippen LogP contribution >= 0.6 is 0 Å². The van der Waals surface area contributed by atoms with Crippen molar-refractivity contribution < 1.29 is 9.59 Å². The van der Waals surface area contributed by atoms with Gasteiger partial charge in [-0.3, -0.25) is 14.7 Å². The lowest BCUT2D eigenvalue weighted by Gasteiger charge is -2.31. The Labute approximate surface area is 171 Å². The standard InChI is InChI=1S/C23H26N4O2/c1-15(2)16-7-9-17(10-8-16)21-20-19(26(3)23(29)25-21)14-27(22(20)28)13-11-18-6-4-5-12-24-18/h4-10,12,15,21H,11,13-14H2,1-3H3,(H,25,29). The van der Waals surface area contributed by atoms with Crippen molar-refractivity contribution in [1.82, 2.24) is 20.1 Å². The highest BCUT2D eigenvalue weighted by Gasteiger charge is 2.42.